The van der Waals surface area contributed by atoms with Crippen LogP contribution in [0.1, 0.15) is 12.8 Å². The summed E-state index contributed by atoms with van der Waals surface area (Å²) in [5.41, 5.74) is 0. The maximum atomic E-state index is 11.7. The molecule has 1 fully saturated rings. The van der Waals surface area contributed by atoms with Crippen molar-refractivity contribution in [3.05, 3.63) is 0 Å². The van der Waals surface area contributed by atoms with Crippen molar-refractivity contribution in [3.63, 3.8) is 0 Å². The molecule has 1 atom stereocenters. The Balaban J connectivity index is 2.25. The molecule has 1 saturated heterocycles. The first-order chi connectivity index (χ1) is 5.64. The Morgan fingerprint density at radius 3 is 2.83 bits per heavy atom. The monoisotopic (exact) mass is 198 g/mol. The van der Waals surface area contributed by atoms with Crippen LogP contribution in [0, 0.1) is 0 Å². The Hall–Kier alpha value is -0.200. The van der Waals surface area contributed by atoms with Gasteiger partial charge in [-0.25, -0.2) is 4.39 Å². The van der Waals surface area contributed by atoms with Gasteiger partial charge >= 0.3 is 0 Å². The van der Waals surface area contributed by atoms with Gasteiger partial charge < -0.3 is 4.74 Å². The minimum absolute atomic E-state index is 0.0632. The van der Waals surface area contributed by atoms with E-state index in [0.717, 1.165) is 12.8 Å². The number of hydrogen-bond acceptors (Lipinski definition) is 4. The first-order valence-electron chi connectivity index (χ1n) is 3.69. The molecule has 1 heterocycles. The lowest BCUT2D eigenvalue weighted by atomic mass is 10.2. The van der Waals surface area contributed by atoms with Gasteiger partial charge in [0.1, 0.15) is 0 Å². The van der Waals surface area contributed by atoms with Crippen molar-refractivity contribution in [2.45, 2.75) is 18.9 Å². The zero-order valence-electron chi connectivity index (χ0n) is 6.53. The van der Waals surface area contributed by atoms with E-state index in [1.807, 2.05) is 0 Å². The van der Waals surface area contributed by atoms with E-state index in [2.05, 4.69) is 4.18 Å². The van der Waals surface area contributed by atoms with Crippen molar-refractivity contribution in [3.8, 4) is 0 Å². The number of halogens is 1. The quantitative estimate of drug-likeness (QED) is 0.615. The molecule has 0 spiro atoms. The van der Waals surface area contributed by atoms with Crippen molar-refractivity contribution in [2.24, 2.45) is 0 Å². The number of hydrogen-bond donors (Lipinski definition) is 0. The van der Waals surface area contributed by atoms with E-state index < -0.39 is 16.1 Å². The Morgan fingerprint density at radius 1 is 1.58 bits per heavy atom. The predicted molar refractivity (Wildman–Crippen MR) is 39.8 cm³/mol. The summed E-state index contributed by atoms with van der Waals surface area (Å²) in [4.78, 5) is 0. The summed E-state index contributed by atoms with van der Waals surface area (Å²) in [5.74, 6) is 0. The molecule has 4 nitrogen and oxygen atoms in total. The Morgan fingerprint density at radius 2 is 2.33 bits per heavy atom. The lowest BCUT2D eigenvalue weighted by Gasteiger charge is -2.07. The van der Waals surface area contributed by atoms with Gasteiger partial charge in [0.05, 0.1) is 12.7 Å². The molecular formula is C6H11FO4S. The molecule has 0 aromatic heterocycles. The summed E-state index contributed by atoms with van der Waals surface area (Å²) < 4.78 is 42.1. The van der Waals surface area contributed by atoms with Gasteiger partial charge in [-0.1, -0.05) is 0 Å². The zero-order valence-corrected chi connectivity index (χ0v) is 7.35. The average Bonchev–Trinajstić information content (AvgIpc) is 2.53. The van der Waals surface area contributed by atoms with Crippen LogP contribution in [0.5, 0.6) is 0 Å². The van der Waals surface area contributed by atoms with Gasteiger partial charge in [-0.05, 0) is 12.8 Å². The highest BCUT2D eigenvalue weighted by molar-refractivity contribution is 7.86. The van der Waals surface area contributed by atoms with Gasteiger partial charge in [0.25, 0.3) is 10.1 Å². The molecule has 0 saturated carbocycles. The molecule has 1 aliphatic rings. The van der Waals surface area contributed by atoms with Crippen molar-refractivity contribution in [1.29, 1.82) is 0 Å². The first kappa shape index (κ1) is 9.88. The standard InChI is InChI=1S/C6H11FO4S/c7-5-12(8,9)11-4-6-2-1-3-10-6/h6H,1-5H2/t6-/m1/s1. The van der Waals surface area contributed by atoms with Crippen molar-refractivity contribution in [2.75, 3.05) is 19.2 Å². The summed E-state index contributed by atoms with van der Waals surface area (Å²) in [6.45, 7) is 0.565. The molecule has 0 aliphatic carbocycles. The van der Waals surface area contributed by atoms with Gasteiger partial charge in [-0.3, -0.25) is 4.18 Å². The first-order valence-corrected chi connectivity index (χ1v) is 5.26. The summed E-state index contributed by atoms with van der Waals surface area (Å²) in [6, 6.07) is -1.47. The third kappa shape index (κ3) is 3.04. The molecule has 1 rings (SSSR count). The summed E-state index contributed by atoms with van der Waals surface area (Å²) in [7, 11) is -3.95. The highest BCUT2D eigenvalue weighted by atomic mass is 32.2. The van der Waals surface area contributed by atoms with Crippen molar-refractivity contribution in [1.82, 2.24) is 0 Å². The fraction of sp³-hybridized carbons (Fsp3) is 1.00. The third-order valence-corrected chi connectivity index (χ3v) is 2.35. The topological polar surface area (TPSA) is 52.6 Å². The summed E-state index contributed by atoms with van der Waals surface area (Å²) in [6.07, 6.45) is 1.50. The second-order valence-corrected chi connectivity index (χ2v) is 4.16. The van der Waals surface area contributed by atoms with Gasteiger partial charge in [0, 0.05) is 6.61 Å². The second-order valence-electron chi connectivity index (χ2n) is 2.59. The number of alkyl halides is 1. The SMILES string of the molecule is O=S(=O)(CF)OC[C@H]1CCCO1. The Kier molecular flexibility index (Phi) is 3.42. The highest BCUT2D eigenvalue weighted by Crippen LogP contribution is 2.12. The Bertz CT molecular complexity index is 220. The highest BCUT2D eigenvalue weighted by Gasteiger charge is 2.19. The third-order valence-electron chi connectivity index (χ3n) is 1.59. The van der Waals surface area contributed by atoms with Crippen LogP contribution in [-0.4, -0.2) is 33.7 Å². The van der Waals surface area contributed by atoms with E-state index in [-0.39, 0.29) is 12.7 Å². The van der Waals surface area contributed by atoms with Crippen LogP contribution >= 0.6 is 0 Å². The fourth-order valence-corrected chi connectivity index (χ4v) is 1.41. The minimum Gasteiger partial charge on any atom is -0.376 e. The normalized spacial score (nSPS) is 24.6. The molecule has 0 bridgehead atoms. The van der Waals surface area contributed by atoms with Crippen LogP contribution in [-0.2, 0) is 19.0 Å². The lowest BCUT2D eigenvalue weighted by molar-refractivity contribution is 0.0696. The molecule has 0 aromatic carbocycles. The number of rotatable bonds is 4. The van der Waals surface area contributed by atoms with E-state index in [1.165, 1.54) is 0 Å². The van der Waals surface area contributed by atoms with Crippen LogP contribution in [0.15, 0.2) is 0 Å². The van der Waals surface area contributed by atoms with E-state index in [9.17, 15) is 12.8 Å². The molecule has 1 aliphatic heterocycles. The van der Waals surface area contributed by atoms with Crippen LogP contribution in [0.4, 0.5) is 4.39 Å². The lowest BCUT2D eigenvalue weighted by Crippen LogP contribution is -2.18. The zero-order chi connectivity index (χ0) is 9.03. The van der Waals surface area contributed by atoms with Crippen LogP contribution in [0.3, 0.4) is 0 Å². The van der Waals surface area contributed by atoms with Crippen molar-refractivity contribution >= 4 is 10.1 Å². The van der Waals surface area contributed by atoms with Gasteiger partial charge in [0.2, 0.25) is 6.01 Å². The molecule has 6 heteroatoms. The summed E-state index contributed by atoms with van der Waals surface area (Å²) in [5, 5.41) is 0. The van der Waals surface area contributed by atoms with E-state index >= 15 is 0 Å². The average molecular weight is 198 g/mol. The molecule has 0 radical (unpaired) electrons. The predicted octanol–water partition coefficient (Wildman–Crippen LogP) is 0.439. The minimum atomic E-state index is -3.95. The smallest absolute Gasteiger partial charge is 0.297 e. The molecule has 72 valence electrons. The number of ether oxygens (including phenoxy) is 1. The van der Waals surface area contributed by atoms with E-state index in [4.69, 9.17) is 4.74 Å². The molecular weight excluding hydrogens is 187 g/mol. The molecule has 0 N–H and O–H groups in total. The van der Waals surface area contributed by atoms with E-state index in [1.54, 1.807) is 0 Å². The molecule has 0 amide bonds. The molecule has 0 aromatic rings. The molecule has 0 unspecified atom stereocenters. The van der Waals surface area contributed by atoms with Crippen LogP contribution < -0.4 is 0 Å². The maximum absolute atomic E-state index is 11.7. The Labute approximate surface area is 70.8 Å². The molecule has 12 heavy (non-hydrogen) atoms. The largest absolute Gasteiger partial charge is 0.376 e. The fourth-order valence-electron chi connectivity index (χ4n) is 0.987. The second kappa shape index (κ2) is 4.15. The van der Waals surface area contributed by atoms with Crippen LogP contribution in [0.25, 0.3) is 0 Å². The maximum Gasteiger partial charge on any atom is 0.297 e. The summed E-state index contributed by atoms with van der Waals surface area (Å²) >= 11 is 0. The van der Waals surface area contributed by atoms with Gasteiger partial charge in [0.15, 0.2) is 0 Å². The van der Waals surface area contributed by atoms with Crippen molar-refractivity contribution < 1.29 is 21.7 Å². The van der Waals surface area contributed by atoms with Crippen LogP contribution in [0.2, 0.25) is 0 Å². The van der Waals surface area contributed by atoms with Gasteiger partial charge in [-0.15, -0.1) is 0 Å². The van der Waals surface area contributed by atoms with Gasteiger partial charge in [-0.2, -0.15) is 8.42 Å². The van der Waals surface area contributed by atoms with E-state index in [0.29, 0.717) is 6.61 Å².